The summed E-state index contributed by atoms with van der Waals surface area (Å²) in [5.41, 5.74) is 4.63. The van der Waals surface area contributed by atoms with Crippen molar-refractivity contribution in [1.82, 2.24) is 14.9 Å². The van der Waals surface area contributed by atoms with E-state index in [1.165, 1.54) is 5.56 Å². The molecule has 1 aromatic heterocycles. The summed E-state index contributed by atoms with van der Waals surface area (Å²) in [5, 5.41) is 3.16. The van der Waals surface area contributed by atoms with Crippen LogP contribution < -0.4 is 14.8 Å². The highest BCUT2D eigenvalue weighted by atomic mass is 16.5. The molecule has 1 unspecified atom stereocenters. The van der Waals surface area contributed by atoms with Gasteiger partial charge in [-0.3, -0.25) is 9.36 Å². The fourth-order valence-corrected chi connectivity index (χ4v) is 4.19. The van der Waals surface area contributed by atoms with Crippen LogP contribution in [0.25, 0.3) is 16.8 Å². The molecular formula is C27H25N3O3. The Bertz CT molecular complexity index is 1280. The molecule has 0 radical (unpaired) electrons. The van der Waals surface area contributed by atoms with Gasteiger partial charge in [-0.15, -0.1) is 0 Å². The van der Waals surface area contributed by atoms with E-state index in [2.05, 4.69) is 22.4 Å². The van der Waals surface area contributed by atoms with Crippen molar-refractivity contribution in [3.05, 3.63) is 96.6 Å². The number of hydrogen-bond acceptors (Lipinski definition) is 4. The summed E-state index contributed by atoms with van der Waals surface area (Å²) in [4.78, 5) is 17.3. The molecule has 0 saturated heterocycles. The first-order chi connectivity index (χ1) is 16.2. The highest BCUT2D eigenvalue weighted by molar-refractivity contribution is 5.93. The smallest absolute Gasteiger partial charge is 0.270 e. The van der Waals surface area contributed by atoms with Gasteiger partial charge in [0.25, 0.3) is 5.91 Å². The lowest BCUT2D eigenvalue weighted by Gasteiger charge is -2.12. The van der Waals surface area contributed by atoms with Crippen LogP contribution in [0.3, 0.4) is 0 Å². The van der Waals surface area contributed by atoms with Gasteiger partial charge in [0, 0.05) is 17.6 Å². The molecule has 4 aromatic rings. The molecule has 0 aliphatic heterocycles. The third kappa shape index (κ3) is 4.20. The molecule has 1 fully saturated rings. The third-order valence-corrected chi connectivity index (χ3v) is 6.05. The first-order valence-corrected chi connectivity index (χ1v) is 10.9. The number of nitrogens with one attached hydrogen (secondary N) is 1. The van der Waals surface area contributed by atoms with Crippen LogP contribution in [0.4, 0.5) is 0 Å². The van der Waals surface area contributed by atoms with E-state index in [4.69, 9.17) is 9.47 Å². The van der Waals surface area contributed by atoms with Crippen LogP contribution in [0.5, 0.6) is 11.5 Å². The molecule has 0 spiro atoms. The van der Waals surface area contributed by atoms with Crippen molar-refractivity contribution in [3.8, 4) is 28.3 Å². The minimum absolute atomic E-state index is 0.118. The SMILES string of the molecule is COc1ccc(-c2cccc(-n3cncc3C(=O)NC3C[C@@H]3c3ccccc3)c2)cc1OC. The van der Waals surface area contributed by atoms with Crippen LogP contribution in [0, 0.1) is 0 Å². The van der Waals surface area contributed by atoms with Crippen LogP contribution in [-0.2, 0) is 0 Å². The Morgan fingerprint density at radius 1 is 0.939 bits per heavy atom. The van der Waals surface area contributed by atoms with Crippen molar-refractivity contribution in [1.29, 1.82) is 0 Å². The molecule has 1 N–H and O–H groups in total. The van der Waals surface area contributed by atoms with Crippen LogP contribution in [-0.4, -0.2) is 35.7 Å². The molecule has 6 heteroatoms. The molecule has 3 aromatic carbocycles. The number of carbonyl (C=O) groups is 1. The number of rotatable bonds is 7. The monoisotopic (exact) mass is 439 g/mol. The van der Waals surface area contributed by atoms with E-state index in [-0.39, 0.29) is 11.9 Å². The van der Waals surface area contributed by atoms with E-state index < -0.39 is 0 Å². The predicted octanol–water partition coefficient (Wildman–Crippen LogP) is 4.84. The third-order valence-electron chi connectivity index (χ3n) is 6.05. The molecule has 1 amide bonds. The molecule has 0 bridgehead atoms. The lowest BCUT2D eigenvalue weighted by Crippen LogP contribution is -2.28. The number of imidazole rings is 1. The van der Waals surface area contributed by atoms with E-state index in [0.717, 1.165) is 23.2 Å². The Hall–Kier alpha value is -4.06. The first-order valence-electron chi connectivity index (χ1n) is 10.9. The molecule has 1 heterocycles. The maximum Gasteiger partial charge on any atom is 0.270 e. The Balaban J connectivity index is 1.37. The molecular weight excluding hydrogens is 414 g/mol. The molecule has 5 rings (SSSR count). The summed E-state index contributed by atoms with van der Waals surface area (Å²) in [6, 6.07) is 24.3. The molecule has 1 saturated carbocycles. The summed E-state index contributed by atoms with van der Waals surface area (Å²) in [6.45, 7) is 0. The van der Waals surface area contributed by atoms with E-state index in [1.807, 2.05) is 65.2 Å². The van der Waals surface area contributed by atoms with Crippen molar-refractivity contribution in [3.63, 3.8) is 0 Å². The van der Waals surface area contributed by atoms with Crippen molar-refractivity contribution in [2.45, 2.75) is 18.4 Å². The van der Waals surface area contributed by atoms with Gasteiger partial charge in [-0.25, -0.2) is 4.98 Å². The summed E-state index contributed by atoms with van der Waals surface area (Å²) in [7, 11) is 3.24. The standard InChI is InChI=1S/C27H25N3O3/c1-32-25-12-11-20(14-26(25)33-2)19-9-6-10-21(13-19)30-17-28-16-24(30)27(31)29-23-15-22(23)18-7-4-3-5-8-18/h3-14,16-17,22-23H,15H2,1-2H3,(H,29,31)/t22-,23?/m1/s1. The highest BCUT2D eigenvalue weighted by Gasteiger charge is 2.39. The Morgan fingerprint density at radius 2 is 1.73 bits per heavy atom. The second kappa shape index (κ2) is 8.82. The van der Waals surface area contributed by atoms with Crippen LogP contribution in [0.1, 0.15) is 28.4 Å². The van der Waals surface area contributed by atoms with Gasteiger partial charge in [0.1, 0.15) is 5.69 Å². The van der Waals surface area contributed by atoms with Gasteiger partial charge >= 0.3 is 0 Å². The largest absolute Gasteiger partial charge is 0.493 e. The van der Waals surface area contributed by atoms with Crippen LogP contribution in [0.2, 0.25) is 0 Å². The fourth-order valence-electron chi connectivity index (χ4n) is 4.19. The second-order valence-electron chi connectivity index (χ2n) is 8.10. The number of ether oxygens (including phenoxy) is 2. The zero-order valence-corrected chi connectivity index (χ0v) is 18.6. The number of methoxy groups -OCH3 is 2. The normalized spacial score (nSPS) is 16.8. The second-order valence-corrected chi connectivity index (χ2v) is 8.10. The van der Waals surface area contributed by atoms with Crippen molar-refractivity contribution >= 4 is 5.91 Å². The Kier molecular flexibility index (Phi) is 5.57. The molecule has 1 aliphatic rings. The molecule has 1 aliphatic carbocycles. The van der Waals surface area contributed by atoms with Crippen LogP contribution >= 0.6 is 0 Å². The van der Waals surface area contributed by atoms with Gasteiger partial charge in [0.2, 0.25) is 0 Å². The average molecular weight is 440 g/mol. The topological polar surface area (TPSA) is 65.4 Å². The molecule has 166 valence electrons. The lowest BCUT2D eigenvalue weighted by molar-refractivity contribution is 0.0943. The number of benzene rings is 3. The number of amides is 1. The zero-order valence-electron chi connectivity index (χ0n) is 18.6. The summed E-state index contributed by atoms with van der Waals surface area (Å²) >= 11 is 0. The predicted molar refractivity (Wildman–Crippen MR) is 127 cm³/mol. The molecule has 6 nitrogen and oxygen atoms in total. The van der Waals surface area contributed by atoms with Gasteiger partial charge in [0.05, 0.1) is 26.7 Å². The maximum absolute atomic E-state index is 13.0. The summed E-state index contributed by atoms with van der Waals surface area (Å²) in [5.74, 6) is 1.60. The number of nitrogens with zero attached hydrogens (tertiary/aromatic N) is 2. The van der Waals surface area contributed by atoms with Gasteiger partial charge in [-0.2, -0.15) is 0 Å². The summed E-state index contributed by atoms with van der Waals surface area (Å²) < 4.78 is 12.6. The van der Waals surface area contributed by atoms with E-state index >= 15 is 0 Å². The average Bonchev–Trinajstić information content (AvgIpc) is 3.45. The van der Waals surface area contributed by atoms with Gasteiger partial charge in [-0.05, 0) is 47.4 Å². The van der Waals surface area contributed by atoms with Gasteiger partial charge in [0.15, 0.2) is 11.5 Å². The first kappa shape index (κ1) is 20.8. The van der Waals surface area contributed by atoms with Crippen molar-refractivity contribution in [2.24, 2.45) is 0 Å². The number of hydrogen-bond donors (Lipinski definition) is 1. The summed E-state index contributed by atoms with van der Waals surface area (Å²) in [6.07, 6.45) is 4.24. The lowest BCUT2D eigenvalue weighted by atomic mass is 10.0. The number of carbonyl (C=O) groups excluding carboxylic acids is 1. The quantitative estimate of drug-likeness (QED) is 0.447. The molecule has 2 atom stereocenters. The van der Waals surface area contributed by atoms with Gasteiger partial charge in [-0.1, -0.05) is 48.5 Å². The van der Waals surface area contributed by atoms with E-state index in [9.17, 15) is 4.79 Å². The highest BCUT2D eigenvalue weighted by Crippen LogP contribution is 2.40. The van der Waals surface area contributed by atoms with Crippen molar-refractivity contribution in [2.75, 3.05) is 14.2 Å². The number of aromatic nitrogens is 2. The van der Waals surface area contributed by atoms with Crippen LogP contribution in [0.15, 0.2) is 85.3 Å². The Labute approximate surface area is 192 Å². The Morgan fingerprint density at radius 3 is 2.52 bits per heavy atom. The zero-order chi connectivity index (χ0) is 22.8. The fraction of sp³-hybridized carbons (Fsp3) is 0.185. The van der Waals surface area contributed by atoms with E-state index in [1.54, 1.807) is 26.7 Å². The van der Waals surface area contributed by atoms with Crippen molar-refractivity contribution < 1.29 is 14.3 Å². The van der Waals surface area contributed by atoms with E-state index in [0.29, 0.717) is 23.1 Å². The maximum atomic E-state index is 13.0. The minimum Gasteiger partial charge on any atom is -0.493 e. The van der Waals surface area contributed by atoms with Gasteiger partial charge < -0.3 is 14.8 Å². The minimum atomic E-state index is -0.118. The molecule has 33 heavy (non-hydrogen) atoms.